The van der Waals surface area contributed by atoms with Crippen LogP contribution in [0.1, 0.15) is 5.69 Å². The SMILES string of the molecule is O=C1CN(CC(=O)N2CCN(Cc3cn[nH]n3)C[C@H](O)C2)C(=O)N1. The van der Waals surface area contributed by atoms with Crippen LogP contribution in [0.4, 0.5) is 4.79 Å². The Morgan fingerprint density at radius 1 is 1.33 bits per heavy atom. The lowest BCUT2D eigenvalue weighted by atomic mass is 10.3. The molecule has 11 nitrogen and oxygen atoms in total. The van der Waals surface area contributed by atoms with Crippen LogP contribution in [-0.2, 0) is 16.1 Å². The minimum atomic E-state index is -0.697. The standard InChI is InChI=1S/C13H19N7O4/c21-10-5-18(4-9-3-14-17-16-9)1-2-19(6-10)12(23)8-20-7-11(22)15-13(20)24/h3,10,21H,1-2,4-8H2,(H,14,16,17)(H,15,22,24)/t10-/m0/s1. The topological polar surface area (TPSA) is 135 Å². The van der Waals surface area contributed by atoms with Gasteiger partial charge < -0.3 is 14.9 Å². The summed E-state index contributed by atoms with van der Waals surface area (Å²) < 4.78 is 0. The number of carbonyl (C=O) groups is 3. The number of aliphatic hydroxyl groups is 1. The van der Waals surface area contributed by atoms with Crippen LogP contribution in [0.15, 0.2) is 6.20 Å². The Bertz CT molecular complexity index is 620. The highest BCUT2D eigenvalue weighted by atomic mass is 16.3. The zero-order valence-electron chi connectivity index (χ0n) is 13.0. The number of β-amino-alcohol motifs (C(OH)–C–C–N with tert-alkyl or cyclic N) is 1. The summed E-state index contributed by atoms with van der Waals surface area (Å²) in [5, 5.41) is 22.5. The predicted molar refractivity (Wildman–Crippen MR) is 79.4 cm³/mol. The summed E-state index contributed by atoms with van der Waals surface area (Å²) in [6.45, 7) is 1.85. The number of urea groups is 1. The minimum Gasteiger partial charge on any atom is -0.390 e. The molecule has 1 atom stereocenters. The summed E-state index contributed by atoms with van der Waals surface area (Å²) in [5.41, 5.74) is 0.759. The highest BCUT2D eigenvalue weighted by Gasteiger charge is 2.31. The number of imide groups is 1. The van der Waals surface area contributed by atoms with E-state index in [1.165, 1.54) is 4.90 Å². The molecule has 2 aliphatic rings. The molecule has 1 aromatic heterocycles. The van der Waals surface area contributed by atoms with Gasteiger partial charge in [0.15, 0.2) is 0 Å². The van der Waals surface area contributed by atoms with Gasteiger partial charge in [-0.05, 0) is 0 Å². The average Bonchev–Trinajstić information content (AvgIpc) is 3.07. The quantitative estimate of drug-likeness (QED) is 0.511. The Kier molecular flexibility index (Phi) is 4.71. The molecular formula is C13H19N7O4. The maximum absolute atomic E-state index is 12.4. The van der Waals surface area contributed by atoms with Gasteiger partial charge in [-0.2, -0.15) is 15.4 Å². The molecule has 3 rings (SSSR count). The van der Waals surface area contributed by atoms with E-state index in [0.717, 1.165) is 10.6 Å². The molecule has 3 heterocycles. The van der Waals surface area contributed by atoms with Crippen LogP contribution in [0.25, 0.3) is 0 Å². The Morgan fingerprint density at radius 3 is 2.83 bits per heavy atom. The summed E-state index contributed by atoms with van der Waals surface area (Å²) in [5.74, 6) is -0.704. The third-order valence-electron chi connectivity index (χ3n) is 3.98. The second kappa shape index (κ2) is 6.93. The Hall–Kier alpha value is -2.53. The van der Waals surface area contributed by atoms with Crippen molar-refractivity contribution in [1.82, 2.24) is 35.4 Å². The van der Waals surface area contributed by atoms with Crippen LogP contribution >= 0.6 is 0 Å². The molecule has 2 aliphatic heterocycles. The molecule has 1 aromatic rings. The number of hydrogen-bond donors (Lipinski definition) is 3. The lowest BCUT2D eigenvalue weighted by Crippen LogP contribution is -2.44. The number of H-pyrrole nitrogens is 1. The first-order valence-electron chi connectivity index (χ1n) is 7.63. The zero-order valence-corrected chi connectivity index (χ0v) is 13.0. The number of aromatic amines is 1. The number of amides is 4. The molecular weight excluding hydrogens is 318 g/mol. The van der Waals surface area contributed by atoms with Crippen LogP contribution in [-0.4, -0.2) is 98.4 Å². The van der Waals surface area contributed by atoms with Crippen LogP contribution in [0.3, 0.4) is 0 Å². The molecule has 0 spiro atoms. The van der Waals surface area contributed by atoms with E-state index in [0.29, 0.717) is 26.2 Å². The third kappa shape index (κ3) is 3.86. The maximum Gasteiger partial charge on any atom is 0.325 e. The molecule has 2 fully saturated rings. The fourth-order valence-corrected chi connectivity index (χ4v) is 2.83. The summed E-state index contributed by atoms with van der Waals surface area (Å²) >= 11 is 0. The van der Waals surface area contributed by atoms with E-state index in [9.17, 15) is 19.5 Å². The molecule has 0 radical (unpaired) electrons. The first-order valence-corrected chi connectivity index (χ1v) is 7.63. The average molecular weight is 337 g/mol. The van der Waals surface area contributed by atoms with Crippen molar-refractivity contribution in [2.45, 2.75) is 12.6 Å². The summed E-state index contributed by atoms with van der Waals surface area (Å²) in [4.78, 5) is 39.7. The lowest BCUT2D eigenvalue weighted by Gasteiger charge is -2.24. The molecule has 0 saturated carbocycles. The van der Waals surface area contributed by atoms with Gasteiger partial charge in [-0.3, -0.25) is 19.8 Å². The number of hydrogen-bond acceptors (Lipinski definition) is 7. The Morgan fingerprint density at radius 2 is 2.17 bits per heavy atom. The molecule has 0 bridgehead atoms. The molecule has 4 amide bonds. The Balaban J connectivity index is 1.55. The first kappa shape index (κ1) is 16.3. The number of rotatable bonds is 4. The maximum atomic E-state index is 12.4. The van der Waals surface area contributed by atoms with E-state index in [4.69, 9.17) is 0 Å². The van der Waals surface area contributed by atoms with E-state index >= 15 is 0 Å². The van der Waals surface area contributed by atoms with Crippen LogP contribution in [0.2, 0.25) is 0 Å². The van der Waals surface area contributed by atoms with Gasteiger partial charge in [0, 0.05) is 32.7 Å². The molecule has 2 saturated heterocycles. The summed E-state index contributed by atoms with van der Waals surface area (Å²) in [6, 6.07) is -0.559. The van der Waals surface area contributed by atoms with Gasteiger partial charge in [0.05, 0.1) is 18.0 Å². The molecule has 3 N–H and O–H groups in total. The number of nitrogens with zero attached hydrogens (tertiary/aromatic N) is 5. The van der Waals surface area contributed by atoms with E-state index in [1.807, 2.05) is 4.90 Å². The van der Waals surface area contributed by atoms with E-state index in [1.54, 1.807) is 6.20 Å². The second-order valence-electron chi connectivity index (χ2n) is 5.90. The minimum absolute atomic E-state index is 0.112. The van der Waals surface area contributed by atoms with E-state index in [2.05, 4.69) is 20.7 Å². The number of aromatic nitrogens is 3. The monoisotopic (exact) mass is 337 g/mol. The van der Waals surface area contributed by atoms with Crippen molar-refractivity contribution in [3.8, 4) is 0 Å². The smallest absolute Gasteiger partial charge is 0.325 e. The fraction of sp³-hybridized carbons (Fsp3) is 0.615. The first-order chi connectivity index (χ1) is 11.5. The van der Waals surface area contributed by atoms with Gasteiger partial charge in [0.25, 0.3) is 0 Å². The van der Waals surface area contributed by atoms with Gasteiger partial charge in [0.2, 0.25) is 11.8 Å². The number of nitrogens with one attached hydrogen (secondary N) is 2. The molecule has 24 heavy (non-hydrogen) atoms. The zero-order chi connectivity index (χ0) is 17.1. The van der Waals surface area contributed by atoms with Gasteiger partial charge in [0.1, 0.15) is 13.1 Å². The molecule has 0 unspecified atom stereocenters. The van der Waals surface area contributed by atoms with Crippen molar-refractivity contribution in [3.63, 3.8) is 0 Å². The van der Waals surface area contributed by atoms with Crippen LogP contribution < -0.4 is 5.32 Å². The fourth-order valence-electron chi connectivity index (χ4n) is 2.83. The van der Waals surface area contributed by atoms with Gasteiger partial charge in [-0.15, -0.1) is 0 Å². The van der Waals surface area contributed by atoms with Gasteiger partial charge >= 0.3 is 6.03 Å². The summed E-state index contributed by atoms with van der Waals surface area (Å²) in [7, 11) is 0. The van der Waals surface area contributed by atoms with Crippen molar-refractivity contribution in [1.29, 1.82) is 0 Å². The van der Waals surface area contributed by atoms with Gasteiger partial charge in [-0.25, -0.2) is 4.79 Å². The normalized spacial score (nSPS) is 22.6. The highest BCUT2D eigenvalue weighted by Crippen LogP contribution is 2.09. The van der Waals surface area contributed by atoms with Crippen molar-refractivity contribution in [2.75, 3.05) is 39.3 Å². The van der Waals surface area contributed by atoms with Crippen molar-refractivity contribution in [2.24, 2.45) is 0 Å². The van der Waals surface area contributed by atoms with E-state index < -0.39 is 18.0 Å². The molecule has 11 heteroatoms. The predicted octanol–water partition coefficient (Wildman–Crippen LogP) is -2.64. The highest BCUT2D eigenvalue weighted by molar-refractivity contribution is 6.03. The van der Waals surface area contributed by atoms with Crippen molar-refractivity contribution in [3.05, 3.63) is 11.9 Å². The van der Waals surface area contributed by atoms with Crippen LogP contribution in [0, 0.1) is 0 Å². The lowest BCUT2D eigenvalue weighted by molar-refractivity contribution is -0.132. The number of carbonyl (C=O) groups excluding carboxylic acids is 3. The van der Waals surface area contributed by atoms with Gasteiger partial charge in [-0.1, -0.05) is 0 Å². The van der Waals surface area contributed by atoms with E-state index in [-0.39, 0.29) is 25.5 Å². The van der Waals surface area contributed by atoms with Crippen LogP contribution in [0.5, 0.6) is 0 Å². The Labute approximate surface area is 137 Å². The van der Waals surface area contributed by atoms with Crippen molar-refractivity contribution < 1.29 is 19.5 Å². The largest absolute Gasteiger partial charge is 0.390 e. The molecule has 0 aromatic carbocycles. The molecule has 0 aliphatic carbocycles. The molecule has 130 valence electrons. The second-order valence-corrected chi connectivity index (χ2v) is 5.90. The summed E-state index contributed by atoms with van der Waals surface area (Å²) in [6.07, 6.45) is 0.917. The van der Waals surface area contributed by atoms with Crippen molar-refractivity contribution >= 4 is 17.8 Å². The number of aliphatic hydroxyl groups excluding tert-OH is 1. The third-order valence-corrected chi connectivity index (χ3v) is 3.98.